The van der Waals surface area contributed by atoms with Crippen molar-refractivity contribution in [3.63, 3.8) is 0 Å². The first-order chi connectivity index (χ1) is 12.7. The lowest BCUT2D eigenvalue weighted by atomic mass is 9.94. The molecule has 0 bridgehead atoms. The number of urea groups is 1. The van der Waals surface area contributed by atoms with Gasteiger partial charge in [-0.05, 0) is 49.8 Å². The molecule has 0 atom stereocenters. The Bertz CT molecular complexity index is 680. The summed E-state index contributed by atoms with van der Waals surface area (Å²) in [6.45, 7) is 4.98. The summed E-state index contributed by atoms with van der Waals surface area (Å²) >= 11 is 0. The molecule has 5 nitrogen and oxygen atoms in total. The van der Waals surface area contributed by atoms with Gasteiger partial charge in [0.15, 0.2) is 0 Å². The zero-order valence-electron chi connectivity index (χ0n) is 15.4. The summed E-state index contributed by atoms with van der Waals surface area (Å²) in [5, 5.41) is 3.02. The van der Waals surface area contributed by atoms with Crippen molar-refractivity contribution >= 4 is 6.03 Å². The number of nitrogens with one attached hydrogen (secondary N) is 1. The summed E-state index contributed by atoms with van der Waals surface area (Å²) in [6, 6.07) is 12.1. The van der Waals surface area contributed by atoms with Crippen molar-refractivity contribution in [2.75, 3.05) is 19.7 Å². The molecule has 1 N–H and O–H groups in total. The summed E-state index contributed by atoms with van der Waals surface area (Å²) in [6.07, 6.45) is 6.57. The van der Waals surface area contributed by atoms with Crippen LogP contribution in [0, 0.1) is 12.8 Å². The molecule has 0 spiro atoms. The maximum absolute atomic E-state index is 12.3. The molecule has 5 heteroatoms. The Morgan fingerprint density at radius 3 is 2.69 bits per heavy atom. The summed E-state index contributed by atoms with van der Waals surface area (Å²) in [5.41, 5.74) is 2.36. The first-order valence-corrected chi connectivity index (χ1v) is 9.32. The van der Waals surface area contributed by atoms with Crippen molar-refractivity contribution in [3.8, 4) is 5.75 Å². The number of benzene rings is 1. The van der Waals surface area contributed by atoms with Gasteiger partial charge in [-0.25, -0.2) is 4.79 Å². The predicted molar refractivity (Wildman–Crippen MR) is 102 cm³/mol. The lowest BCUT2D eigenvalue weighted by Crippen LogP contribution is -2.44. The van der Waals surface area contributed by atoms with Crippen LogP contribution in [-0.2, 0) is 6.54 Å². The normalized spacial score (nSPS) is 14.9. The number of rotatable bonds is 6. The SMILES string of the molecule is Cc1ccc(CNC(=O)N2CCC(CCOc3cccnc3)CC2)cc1. The van der Waals surface area contributed by atoms with E-state index in [9.17, 15) is 4.79 Å². The van der Waals surface area contributed by atoms with E-state index in [1.807, 2.05) is 17.0 Å². The lowest BCUT2D eigenvalue weighted by Gasteiger charge is -2.32. The van der Waals surface area contributed by atoms with E-state index >= 15 is 0 Å². The molecular formula is C21H27N3O2. The number of hydrogen-bond acceptors (Lipinski definition) is 3. The Morgan fingerprint density at radius 1 is 1.23 bits per heavy atom. The van der Waals surface area contributed by atoms with Crippen molar-refractivity contribution < 1.29 is 9.53 Å². The highest BCUT2D eigenvalue weighted by molar-refractivity contribution is 5.74. The van der Waals surface area contributed by atoms with E-state index in [4.69, 9.17) is 4.74 Å². The third-order valence-corrected chi connectivity index (χ3v) is 4.90. The Balaban J connectivity index is 1.33. The molecule has 1 aromatic heterocycles. The number of hydrogen-bond donors (Lipinski definition) is 1. The van der Waals surface area contributed by atoms with Gasteiger partial charge < -0.3 is 15.0 Å². The van der Waals surface area contributed by atoms with Crippen LogP contribution in [0.5, 0.6) is 5.75 Å². The van der Waals surface area contributed by atoms with Crippen LogP contribution >= 0.6 is 0 Å². The van der Waals surface area contributed by atoms with Crippen LogP contribution in [0.3, 0.4) is 0 Å². The first-order valence-electron chi connectivity index (χ1n) is 9.32. The van der Waals surface area contributed by atoms with Crippen LogP contribution < -0.4 is 10.1 Å². The quantitative estimate of drug-likeness (QED) is 0.860. The van der Waals surface area contributed by atoms with E-state index in [2.05, 4.69) is 41.5 Å². The number of carbonyl (C=O) groups excluding carboxylic acids is 1. The van der Waals surface area contributed by atoms with Gasteiger partial charge in [0, 0.05) is 25.8 Å². The van der Waals surface area contributed by atoms with Crippen molar-refractivity contribution in [2.24, 2.45) is 5.92 Å². The Morgan fingerprint density at radius 2 is 2.00 bits per heavy atom. The highest BCUT2D eigenvalue weighted by Crippen LogP contribution is 2.21. The van der Waals surface area contributed by atoms with E-state index in [-0.39, 0.29) is 6.03 Å². The molecule has 1 fully saturated rings. The summed E-state index contributed by atoms with van der Waals surface area (Å²) in [4.78, 5) is 18.3. The minimum Gasteiger partial charge on any atom is -0.492 e. The minimum absolute atomic E-state index is 0.0376. The number of nitrogens with zero attached hydrogens (tertiary/aromatic N) is 2. The standard InChI is InChI=1S/C21H27N3O2/c1-17-4-6-19(7-5-17)15-23-21(25)24-12-8-18(9-13-24)10-14-26-20-3-2-11-22-16-20/h2-7,11,16,18H,8-10,12-15H2,1H3,(H,23,25). The third-order valence-electron chi connectivity index (χ3n) is 4.90. The summed E-state index contributed by atoms with van der Waals surface area (Å²) in [5.74, 6) is 1.44. The van der Waals surface area contributed by atoms with Gasteiger partial charge in [0.2, 0.25) is 0 Å². The molecule has 0 saturated carbocycles. The van der Waals surface area contributed by atoms with Gasteiger partial charge >= 0.3 is 6.03 Å². The molecule has 138 valence electrons. The van der Waals surface area contributed by atoms with E-state index < -0.39 is 0 Å². The largest absolute Gasteiger partial charge is 0.492 e. The topological polar surface area (TPSA) is 54.5 Å². The minimum atomic E-state index is 0.0376. The molecule has 0 unspecified atom stereocenters. The number of pyridine rings is 1. The van der Waals surface area contributed by atoms with Gasteiger partial charge in [-0.1, -0.05) is 29.8 Å². The Kier molecular flexibility index (Phi) is 6.47. The molecule has 0 aliphatic carbocycles. The fourth-order valence-corrected chi connectivity index (χ4v) is 3.20. The van der Waals surface area contributed by atoms with Gasteiger partial charge in [0.05, 0.1) is 12.8 Å². The van der Waals surface area contributed by atoms with Crippen molar-refractivity contribution in [2.45, 2.75) is 32.7 Å². The van der Waals surface area contributed by atoms with Crippen LogP contribution in [0.2, 0.25) is 0 Å². The number of carbonyl (C=O) groups is 1. The number of amides is 2. The number of aromatic nitrogens is 1. The average molecular weight is 353 g/mol. The van der Waals surface area contributed by atoms with E-state index in [0.717, 1.165) is 43.7 Å². The number of likely N-dealkylation sites (tertiary alicyclic amines) is 1. The first kappa shape index (κ1) is 18.2. The molecule has 2 heterocycles. The summed E-state index contributed by atoms with van der Waals surface area (Å²) < 4.78 is 5.72. The average Bonchev–Trinajstić information content (AvgIpc) is 2.69. The molecule has 26 heavy (non-hydrogen) atoms. The highest BCUT2D eigenvalue weighted by atomic mass is 16.5. The number of ether oxygens (including phenoxy) is 1. The summed E-state index contributed by atoms with van der Waals surface area (Å²) in [7, 11) is 0. The lowest BCUT2D eigenvalue weighted by molar-refractivity contribution is 0.160. The van der Waals surface area contributed by atoms with E-state index in [1.165, 1.54) is 5.56 Å². The molecule has 1 aliphatic rings. The van der Waals surface area contributed by atoms with Crippen molar-refractivity contribution in [3.05, 3.63) is 59.9 Å². The zero-order valence-corrected chi connectivity index (χ0v) is 15.4. The molecule has 0 radical (unpaired) electrons. The zero-order chi connectivity index (χ0) is 18.2. The maximum Gasteiger partial charge on any atom is 0.317 e. The molecule has 1 saturated heterocycles. The van der Waals surface area contributed by atoms with Gasteiger partial charge in [0.25, 0.3) is 0 Å². The second kappa shape index (κ2) is 9.22. The van der Waals surface area contributed by atoms with Gasteiger partial charge in [-0.15, -0.1) is 0 Å². The second-order valence-electron chi connectivity index (χ2n) is 6.90. The van der Waals surface area contributed by atoms with Crippen LogP contribution in [0.1, 0.15) is 30.4 Å². The van der Waals surface area contributed by atoms with E-state index in [1.54, 1.807) is 12.4 Å². The van der Waals surface area contributed by atoms with Gasteiger partial charge in [-0.3, -0.25) is 4.98 Å². The van der Waals surface area contributed by atoms with Crippen molar-refractivity contribution in [1.82, 2.24) is 15.2 Å². The Hall–Kier alpha value is -2.56. The third kappa shape index (κ3) is 5.48. The monoisotopic (exact) mass is 353 g/mol. The van der Waals surface area contributed by atoms with Crippen LogP contribution in [0.15, 0.2) is 48.8 Å². The Labute approximate surface area is 155 Å². The smallest absolute Gasteiger partial charge is 0.317 e. The van der Waals surface area contributed by atoms with Crippen LogP contribution in [-0.4, -0.2) is 35.6 Å². The molecule has 3 rings (SSSR count). The molecule has 2 amide bonds. The van der Waals surface area contributed by atoms with Gasteiger partial charge in [0.1, 0.15) is 5.75 Å². The van der Waals surface area contributed by atoms with Gasteiger partial charge in [-0.2, -0.15) is 0 Å². The number of aryl methyl sites for hydroxylation is 1. The highest BCUT2D eigenvalue weighted by Gasteiger charge is 2.22. The molecule has 1 aromatic carbocycles. The van der Waals surface area contributed by atoms with Crippen LogP contribution in [0.4, 0.5) is 4.79 Å². The number of piperidine rings is 1. The molecule has 1 aliphatic heterocycles. The fraction of sp³-hybridized carbons (Fsp3) is 0.429. The molecule has 2 aromatic rings. The van der Waals surface area contributed by atoms with E-state index in [0.29, 0.717) is 19.1 Å². The van der Waals surface area contributed by atoms with Crippen molar-refractivity contribution in [1.29, 1.82) is 0 Å². The maximum atomic E-state index is 12.3. The second-order valence-corrected chi connectivity index (χ2v) is 6.90. The van der Waals surface area contributed by atoms with Crippen LogP contribution in [0.25, 0.3) is 0 Å². The molecular weight excluding hydrogens is 326 g/mol. The fourth-order valence-electron chi connectivity index (χ4n) is 3.20. The predicted octanol–water partition coefficient (Wildman–Crippen LogP) is 3.78.